The Hall–Kier alpha value is -1.23. The molecule has 0 radical (unpaired) electrons. The molecule has 1 aromatic rings. The van der Waals surface area contributed by atoms with Crippen LogP contribution in [0.15, 0.2) is 29.2 Å². The molecule has 0 aromatic heterocycles. The van der Waals surface area contributed by atoms with Gasteiger partial charge in [-0.2, -0.15) is 0 Å². The lowest BCUT2D eigenvalue weighted by atomic mass is 10.3. The largest absolute Gasteiger partial charge is 0.269 e. The summed E-state index contributed by atoms with van der Waals surface area (Å²) in [5.74, 6) is 0.526. The quantitative estimate of drug-likeness (QED) is 0.550. The van der Waals surface area contributed by atoms with Crippen molar-refractivity contribution in [1.29, 1.82) is 0 Å². The number of hydrogen-bond acceptors (Lipinski definition) is 3. The van der Waals surface area contributed by atoms with Crippen LogP contribution in [0.3, 0.4) is 0 Å². The first-order valence-corrected chi connectivity index (χ1v) is 5.10. The number of hydrogen-bond donors (Lipinski definition) is 0. The van der Waals surface area contributed by atoms with Crippen molar-refractivity contribution in [1.82, 2.24) is 0 Å². The minimum absolute atomic E-state index is 0.0249. The van der Waals surface area contributed by atoms with Gasteiger partial charge in [-0.1, -0.05) is 6.92 Å². The van der Waals surface area contributed by atoms with E-state index in [-0.39, 0.29) is 5.69 Å². The molecule has 4 nitrogen and oxygen atoms in total. The first-order valence-electron chi connectivity index (χ1n) is 3.78. The Bertz CT molecular complexity index is 334. The zero-order chi connectivity index (χ0) is 9.84. The summed E-state index contributed by atoms with van der Waals surface area (Å²) in [4.78, 5) is 10.4. The first kappa shape index (κ1) is 9.85. The van der Waals surface area contributed by atoms with Crippen molar-refractivity contribution in [3.05, 3.63) is 34.4 Å². The Kier molecular flexibility index (Phi) is 3.13. The van der Waals surface area contributed by atoms with Crippen LogP contribution in [-0.4, -0.2) is 14.9 Å². The fourth-order valence-electron chi connectivity index (χ4n) is 0.886. The monoisotopic (exact) mass is 199 g/mol. The molecule has 5 heteroatoms. The molecule has 1 rings (SSSR count). The van der Waals surface area contributed by atoms with Crippen LogP contribution in [-0.2, 0) is 10.8 Å². The maximum absolute atomic E-state index is 11.2. The van der Waals surface area contributed by atoms with Gasteiger partial charge in [-0.25, -0.2) is 0 Å². The smallest absolute Gasteiger partial charge is 0.258 e. The van der Waals surface area contributed by atoms with E-state index in [1.807, 2.05) is 0 Å². The minimum atomic E-state index is -1.03. The average molecular weight is 199 g/mol. The fourth-order valence-corrected chi connectivity index (χ4v) is 1.66. The van der Waals surface area contributed by atoms with Crippen LogP contribution in [0.2, 0.25) is 0 Å². The molecule has 0 saturated heterocycles. The molecule has 0 bridgehead atoms. The summed E-state index contributed by atoms with van der Waals surface area (Å²) in [5.41, 5.74) is 0.0249. The molecule has 0 aliphatic heterocycles. The number of non-ortho nitro benzene ring substituents is 1. The molecule has 13 heavy (non-hydrogen) atoms. The van der Waals surface area contributed by atoms with Crippen LogP contribution in [0.5, 0.6) is 0 Å². The molecule has 0 unspecified atom stereocenters. The normalized spacial score (nSPS) is 12.4. The Balaban J connectivity index is 2.93. The van der Waals surface area contributed by atoms with E-state index >= 15 is 0 Å². The summed E-state index contributed by atoms with van der Waals surface area (Å²) in [7, 11) is -1.03. The van der Waals surface area contributed by atoms with Crippen LogP contribution in [0.4, 0.5) is 5.69 Å². The number of nitrogens with zero attached hydrogens (tertiary/aromatic N) is 1. The van der Waals surface area contributed by atoms with Crippen LogP contribution in [0.25, 0.3) is 0 Å². The Morgan fingerprint density at radius 1 is 1.38 bits per heavy atom. The molecule has 0 aliphatic carbocycles. The Morgan fingerprint density at radius 2 is 1.92 bits per heavy atom. The van der Waals surface area contributed by atoms with Crippen LogP contribution < -0.4 is 0 Å². The predicted octanol–water partition coefficient (Wildman–Crippen LogP) is 1.72. The average Bonchev–Trinajstić information content (AvgIpc) is 2.17. The molecule has 0 N–H and O–H groups in total. The Labute approximate surface area is 78.2 Å². The van der Waals surface area contributed by atoms with E-state index in [1.54, 1.807) is 6.92 Å². The zero-order valence-electron chi connectivity index (χ0n) is 7.10. The van der Waals surface area contributed by atoms with E-state index in [0.29, 0.717) is 10.6 Å². The van der Waals surface area contributed by atoms with Crippen LogP contribution >= 0.6 is 0 Å². The molecule has 0 amide bonds. The highest BCUT2D eigenvalue weighted by Crippen LogP contribution is 2.14. The summed E-state index contributed by atoms with van der Waals surface area (Å²) in [5, 5.41) is 10.3. The van der Waals surface area contributed by atoms with E-state index in [0.717, 1.165) is 0 Å². The molecular weight excluding hydrogens is 190 g/mol. The van der Waals surface area contributed by atoms with Gasteiger partial charge in [0.25, 0.3) is 5.69 Å². The predicted molar refractivity (Wildman–Crippen MR) is 50.0 cm³/mol. The van der Waals surface area contributed by atoms with E-state index in [1.165, 1.54) is 24.3 Å². The molecule has 0 saturated carbocycles. The topological polar surface area (TPSA) is 60.2 Å². The van der Waals surface area contributed by atoms with Gasteiger partial charge < -0.3 is 0 Å². The lowest BCUT2D eigenvalue weighted by Crippen LogP contribution is -1.94. The lowest BCUT2D eigenvalue weighted by molar-refractivity contribution is -0.384. The fraction of sp³-hybridized carbons (Fsp3) is 0.250. The third-order valence-electron chi connectivity index (χ3n) is 1.57. The van der Waals surface area contributed by atoms with Crippen LogP contribution in [0, 0.1) is 10.1 Å². The van der Waals surface area contributed by atoms with Crippen molar-refractivity contribution in [2.45, 2.75) is 11.8 Å². The number of benzene rings is 1. The summed E-state index contributed by atoms with van der Waals surface area (Å²) in [6.07, 6.45) is 0. The van der Waals surface area contributed by atoms with Gasteiger partial charge in [-0.15, -0.1) is 0 Å². The highest BCUT2D eigenvalue weighted by atomic mass is 32.2. The van der Waals surface area contributed by atoms with E-state index < -0.39 is 15.7 Å². The van der Waals surface area contributed by atoms with Crippen molar-refractivity contribution >= 4 is 16.5 Å². The SMILES string of the molecule is CC[S@](=O)c1ccc([N+](=O)[O-])cc1. The van der Waals surface area contributed by atoms with E-state index in [4.69, 9.17) is 0 Å². The van der Waals surface area contributed by atoms with Crippen molar-refractivity contribution in [3.8, 4) is 0 Å². The van der Waals surface area contributed by atoms with Crippen molar-refractivity contribution in [3.63, 3.8) is 0 Å². The number of nitro groups is 1. The number of rotatable bonds is 3. The summed E-state index contributed by atoms with van der Waals surface area (Å²) < 4.78 is 11.2. The van der Waals surface area contributed by atoms with Crippen molar-refractivity contribution < 1.29 is 9.13 Å². The van der Waals surface area contributed by atoms with Crippen LogP contribution in [0.1, 0.15) is 6.92 Å². The standard InChI is InChI=1S/C8H9NO3S/c1-2-13(12)8-5-3-7(4-6-8)9(10)11/h3-6H,2H2,1H3/t13-/m0/s1. The highest BCUT2D eigenvalue weighted by Gasteiger charge is 2.06. The molecule has 1 aromatic carbocycles. The van der Waals surface area contributed by atoms with Gasteiger partial charge in [-0.3, -0.25) is 14.3 Å². The maximum atomic E-state index is 11.2. The van der Waals surface area contributed by atoms with Gasteiger partial charge in [0, 0.05) is 22.8 Å². The van der Waals surface area contributed by atoms with E-state index in [9.17, 15) is 14.3 Å². The molecule has 0 heterocycles. The molecule has 0 fully saturated rings. The van der Waals surface area contributed by atoms with Gasteiger partial charge >= 0.3 is 0 Å². The third-order valence-corrected chi connectivity index (χ3v) is 2.89. The van der Waals surface area contributed by atoms with Gasteiger partial charge in [0.15, 0.2) is 0 Å². The molecule has 70 valence electrons. The van der Waals surface area contributed by atoms with Gasteiger partial charge in [0.2, 0.25) is 0 Å². The first-order chi connectivity index (χ1) is 6.15. The van der Waals surface area contributed by atoms with E-state index in [2.05, 4.69) is 0 Å². The lowest BCUT2D eigenvalue weighted by Gasteiger charge is -1.97. The van der Waals surface area contributed by atoms with Crippen molar-refractivity contribution in [2.75, 3.05) is 5.75 Å². The van der Waals surface area contributed by atoms with Gasteiger partial charge in [0.1, 0.15) is 0 Å². The molecular formula is C8H9NO3S. The van der Waals surface area contributed by atoms with Gasteiger partial charge in [0.05, 0.1) is 15.7 Å². The maximum Gasteiger partial charge on any atom is 0.269 e. The summed E-state index contributed by atoms with van der Waals surface area (Å²) >= 11 is 0. The third kappa shape index (κ3) is 2.35. The minimum Gasteiger partial charge on any atom is -0.258 e. The Morgan fingerprint density at radius 3 is 2.31 bits per heavy atom. The number of nitro benzene ring substituents is 1. The van der Waals surface area contributed by atoms with Crippen molar-refractivity contribution in [2.24, 2.45) is 0 Å². The summed E-state index contributed by atoms with van der Waals surface area (Å²) in [6, 6.07) is 5.78. The highest BCUT2D eigenvalue weighted by molar-refractivity contribution is 7.85. The second-order valence-corrected chi connectivity index (χ2v) is 4.13. The van der Waals surface area contributed by atoms with Gasteiger partial charge in [-0.05, 0) is 12.1 Å². The second-order valence-electron chi connectivity index (χ2n) is 2.39. The summed E-state index contributed by atoms with van der Waals surface area (Å²) in [6.45, 7) is 1.80. The molecule has 0 spiro atoms. The molecule has 1 atom stereocenters. The molecule has 0 aliphatic rings. The zero-order valence-corrected chi connectivity index (χ0v) is 7.91. The second kappa shape index (κ2) is 4.13.